The average molecular weight is 258 g/mol. The van der Waals surface area contributed by atoms with Gasteiger partial charge in [-0.05, 0) is 25.2 Å². The van der Waals surface area contributed by atoms with Crippen molar-refractivity contribution in [3.8, 4) is 0 Å². The van der Waals surface area contributed by atoms with E-state index in [0.29, 0.717) is 25.6 Å². The number of quaternary nitrogens is 1. The van der Waals surface area contributed by atoms with E-state index in [2.05, 4.69) is 4.83 Å². The molecule has 3 aliphatic heterocycles. The molecule has 2 bridgehead atoms. The lowest BCUT2D eigenvalue weighted by atomic mass is 9.88. The Kier molecular flexibility index (Phi) is 2.71. The second-order valence-electron chi connectivity index (χ2n) is 4.50. The summed E-state index contributed by atoms with van der Waals surface area (Å²) in [4.78, 5) is 3.11. The molecule has 8 heteroatoms. The summed E-state index contributed by atoms with van der Waals surface area (Å²) in [5, 5.41) is 0. The molecule has 3 heterocycles. The van der Waals surface area contributed by atoms with E-state index in [-0.39, 0.29) is 4.59 Å². The molecule has 3 saturated heterocycles. The third-order valence-corrected chi connectivity index (χ3v) is 4.58. The number of rotatable bonds is 2. The Morgan fingerprint density at radius 2 is 1.50 bits per heavy atom. The zero-order valence-corrected chi connectivity index (χ0v) is 9.39. The van der Waals surface area contributed by atoms with Crippen LogP contribution in [0.3, 0.4) is 0 Å². The second-order valence-corrected chi connectivity index (χ2v) is 6.08. The molecule has 0 aromatic heterocycles. The van der Waals surface area contributed by atoms with Gasteiger partial charge in [0, 0.05) is 0 Å². The van der Waals surface area contributed by atoms with Gasteiger partial charge >= 0.3 is 5.51 Å². The molecule has 0 atom stereocenters. The van der Waals surface area contributed by atoms with Gasteiger partial charge in [-0.1, -0.05) is 0 Å². The molecule has 3 fully saturated rings. The normalized spacial score (nSPS) is 35.3. The highest BCUT2D eigenvalue weighted by molar-refractivity contribution is 7.94. The lowest BCUT2D eigenvalue weighted by molar-refractivity contribution is -0.902. The topological polar surface area (TPSA) is 48.2 Å². The lowest BCUT2D eigenvalue weighted by Crippen LogP contribution is -2.56. The van der Waals surface area contributed by atoms with Crippen molar-refractivity contribution in [1.29, 1.82) is 0 Å². The summed E-state index contributed by atoms with van der Waals surface area (Å²) in [6.45, 7) is 1.25. The number of alkyl halides is 3. The number of sulfonamides is 1. The minimum atomic E-state index is -5.35. The highest BCUT2D eigenvalue weighted by atomic mass is 32.2. The Hall–Kier alpha value is -0.340. The molecular formula is C8H13F3N2O2S. The molecule has 94 valence electrons. The summed E-state index contributed by atoms with van der Waals surface area (Å²) in [6, 6.07) is 0. The summed E-state index contributed by atoms with van der Waals surface area (Å²) in [7, 11) is -5.35. The van der Waals surface area contributed by atoms with E-state index in [1.807, 2.05) is 0 Å². The lowest BCUT2D eigenvalue weighted by Gasteiger charge is -2.56. The van der Waals surface area contributed by atoms with Crippen LogP contribution < -0.4 is 0 Å². The zero-order valence-electron chi connectivity index (χ0n) is 8.57. The van der Waals surface area contributed by atoms with E-state index in [1.54, 1.807) is 0 Å². The van der Waals surface area contributed by atoms with Crippen LogP contribution in [-0.4, -0.2) is 38.2 Å². The smallest absolute Gasteiger partial charge is 0.380 e. The van der Waals surface area contributed by atoms with Crippen LogP contribution in [0.4, 0.5) is 13.2 Å². The molecule has 0 unspecified atom stereocenters. The SMILES string of the molecule is O=S(=O)([N-][N+]12CCC(CC1)CC2)C(F)(F)F. The summed E-state index contributed by atoms with van der Waals surface area (Å²) in [5.41, 5.74) is -5.27. The van der Waals surface area contributed by atoms with Crippen LogP contribution >= 0.6 is 0 Å². The molecule has 0 spiro atoms. The van der Waals surface area contributed by atoms with Crippen molar-refractivity contribution in [3.05, 3.63) is 4.83 Å². The standard InChI is InChI=1S/C8H13F3N2O2S/c9-8(10,11)16(14,15)12-13-4-1-7(2-5-13)3-6-13/h7H,1-6H2. The zero-order chi connectivity index (χ0) is 12.0. The van der Waals surface area contributed by atoms with Crippen molar-refractivity contribution in [3.63, 3.8) is 0 Å². The summed E-state index contributed by atoms with van der Waals surface area (Å²) < 4.78 is 58.4. The molecule has 0 amide bonds. The van der Waals surface area contributed by atoms with Crippen LogP contribution in [0.25, 0.3) is 4.83 Å². The minimum absolute atomic E-state index is 0.252. The summed E-state index contributed by atoms with van der Waals surface area (Å²) in [6.07, 6.45) is 2.32. The molecule has 0 aromatic carbocycles. The first-order valence-corrected chi connectivity index (χ1v) is 6.60. The molecule has 0 radical (unpaired) electrons. The number of nitrogens with zero attached hydrogens (tertiary/aromatic N) is 2. The van der Waals surface area contributed by atoms with Crippen LogP contribution in [0, 0.1) is 5.92 Å². The quantitative estimate of drug-likeness (QED) is 0.708. The predicted octanol–water partition coefficient (Wildman–Crippen LogP) is 1.76. The molecule has 0 aliphatic carbocycles. The van der Waals surface area contributed by atoms with Crippen LogP contribution in [0.5, 0.6) is 0 Å². The number of piperidine rings is 3. The van der Waals surface area contributed by atoms with Gasteiger partial charge in [-0.25, -0.2) is 8.42 Å². The third-order valence-electron chi connectivity index (χ3n) is 3.43. The molecule has 3 aliphatic rings. The average Bonchev–Trinajstić information content (AvgIpc) is 2.17. The fraction of sp³-hybridized carbons (Fsp3) is 1.00. The van der Waals surface area contributed by atoms with E-state index in [4.69, 9.17) is 0 Å². The van der Waals surface area contributed by atoms with E-state index in [0.717, 1.165) is 19.3 Å². The predicted molar refractivity (Wildman–Crippen MR) is 50.5 cm³/mol. The molecule has 4 nitrogen and oxygen atoms in total. The monoisotopic (exact) mass is 258 g/mol. The Bertz CT molecular complexity index is 357. The van der Waals surface area contributed by atoms with E-state index in [9.17, 15) is 21.6 Å². The Morgan fingerprint density at radius 1 is 1.06 bits per heavy atom. The van der Waals surface area contributed by atoms with Gasteiger partial charge in [-0.2, -0.15) is 13.2 Å². The first-order valence-electron chi connectivity index (χ1n) is 5.16. The van der Waals surface area contributed by atoms with Gasteiger partial charge in [0.25, 0.3) is 0 Å². The number of hydrogen-bond acceptors (Lipinski definition) is 2. The third kappa shape index (κ3) is 2.05. The Morgan fingerprint density at radius 3 is 1.88 bits per heavy atom. The van der Waals surface area contributed by atoms with Gasteiger partial charge in [0.15, 0.2) is 0 Å². The van der Waals surface area contributed by atoms with Crippen LogP contribution in [-0.2, 0) is 10.0 Å². The first-order chi connectivity index (χ1) is 7.24. The first kappa shape index (κ1) is 12.1. The maximum absolute atomic E-state index is 12.2. The number of halogens is 3. The van der Waals surface area contributed by atoms with Crippen molar-refractivity contribution < 1.29 is 26.2 Å². The molecule has 16 heavy (non-hydrogen) atoms. The Labute approximate surface area is 92.0 Å². The van der Waals surface area contributed by atoms with Gasteiger partial charge in [0.2, 0.25) is 10.0 Å². The second kappa shape index (κ2) is 3.58. The summed E-state index contributed by atoms with van der Waals surface area (Å²) >= 11 is 0. The Balaban J connectivity index is 2.15. The number of hydrogen-bond donors (Lipinski definition) is 0. The van der Waals surface area contributed by atoms with Crippen molar-refractivity contribution in [2.24, 2.45) is 5.92 Å². The molecule has 0 aromatic rings. The maximum Gasteiger partial charge on any atom is 0.483 e. The fourth-order valence-electron chi connectivity index (χ4n) is 2.43. The fourth-order valence-corrected chi connectivity index (χ4v) is 3.23. The highest BCUT2D eigenvalue weighted by Gasteiger charge is 2.45. The molecule has 0 N–H and O–H groups in total. The largest absolute Gasteiger partial charge is 0.483 e. The minimum Gasteiger partial charge on any atom is -0.380 e. The van der Waals surface area contributed by atoms with Crippen molar-refractivity contribution in [1.82, 2.24) is 0 Å². The van der Waals surface area contributed by atoms with E-state index in [1.165, 1.54) is 0 Å². The van der Waals surface area contributed by atoms with Gasteiger partial charge < -0.3 is 9.42 Å². The van der Waals surface area contributed by atoms with Crippen molar-refractivity contribution >= 4 is 10.0 Å². The molecular weight excluding hydrogens is 245 g/mol. The molecule has 3 rings (SSSR count). The van der Waals surface area contributed by atoms with E-state index >= 15 is 0 Å². The number of fused-ring (bicyclic) bond motifs is 3. The summed E-state index contributed by atoms with van der Waals surface area (Å²) in [5.74, 6) is 0.545. The van der Waals surface area contributed by atoms with Crippen molar-refractivity contribution in [2.45, 2.75) is 24.8 Å². The van der Waals surface area contributed by atoms with Gasteiger partial charge in [0.1, 0.15) is 0 Å². The van der Waals surface area contributed by atoms with Crippen LogP contribution in [0.2, 0.25) is 0 Å². The molecule has 0 saturated carbocycles. The van der Waals surface area contributed by atoms with Crippen molar-refractivity contribution in [2.75, 3.05) is 19.6 Å². The van der Waals surface area contributed by atoms with Crippen LogP contribution in [0.1, 0.15) is 19.3 Å². The highest BCUT2D eigenvalue weighted by Crippen LogP contribution is 2.40. The van der Waals surface area contributed by atoms with E-state index < -0.39 is 15.5 Å². The van der Waals surface area contributed by atoms with Crippen LogP contribution in [0.15, 0.2) is 0 Å². The van der Waals surface area contributed by atoms with Gasteiger partial charge in [-0.3, -0.25) is 0 Å². The van der Waals surface area contributed by atoms with Gasteiger partial charge in [0.05, 0.1) is 19.6 Å². The maximum atomic E-state index is 12.2. The van der Waals surface area contributed by atoms with Gasteiger partial charge in [-0.15, -0.1) is 0 Å².